The topological polar surface area (TPSA) is 84.2 Å². The molecule has 1 rings (SSSR count). The van der Waals surface area contributed by atoms with Crippen molar-refractivity contribution in [3.63, 3.8) is 0 Å². The third-order valence-electron chi connectivity index (χ3n) is 2.41. The normalized spacial score (nSPS) is 11.9. The third kappa shape index (κ3) is 5.79. The van der Waals surface area contributed by atoms with Gasteiger partial charge in [-0.3, -0.25) is 9.59 Å². The van der Waals surface area contributed by atoms with Crippen molar-refractivity contribution in [3.05, 3.63) is 22.4 Å². The highest BCUT2D eigenvalue weighted by atomic mass is 32.1. The molecule has 0 fully saturated rings. The van der Waals surface area contributed by atoms with Crippen molar-refractivity contribution in [2.24, 2.45) is 11.7 Å². The molecule has 1 aromatic rings. The lowest BCUT2D eigenvalue weighted by Crippen LogP contribution is -2.40. The molecule has 100 valence electrons. The lowest BCUT2D eigenvalue weighted by atomic mass is 10.1. The number of hydrogen-bond donors (Lipinski definition) is 3. The third-order valence-corrected chi connectivity index (χ3v) is 3.31. The number of rotatable bonds is 7. The van der Waals surface area contributed by atoms with Gasteiger partial charge < -0.3 is 16.4 Å². The van der Waals surface area contributed by atoms with Crippen molar-refractivity contribution < 1.29 is 9.59 Å². The molecule has 0 aliphatic rings. The second-order valence-electron chi connectivity index (χ2n) is 4.17. The van der Waals surface area contributed by atoms with Crippen molar-refractivity contribution in [1.29, 1.82) is 0 Å². The molecule has 4 N–H and O–H groups in total. The van der Waals surface area contributed by atoms with Crippen LogP contribution in [0.1, 0.15) is 11.8 Å². The van der Waals surface area contributed by atoms with Gasteiger partial charge >= 0.3 is 0 Å². The van der Waals surface area contributed by atoms with Gasteiger partial charge in [0.2, 0.25) is 11.8 Å². The summed E-state index contributed by atoms with van der Waals surface area (Å²) < 4.78 is 0. The molecule has 0 radical (unpaired) electrons. The number of amides is 2. The molecule has 1 heterocycles. The fourth-order valence-corrected chi connectivity index (χ4v) is 2.32. The van der Waals surface area contributed by atoms with Crippen LogP contribution in [0.2, 0.25) is 0 Å². The minimum atomic E-state index is -0.322. The van der Waals surface area contributed by atoms with E-state index in [0.717, 1.165) is 6.42 Å². The van der Waals surface area contributed by atoms with Crippen LogP contribution >= 0.6 is 11.3 Å². The maximum absolute atomic E-state index is 11.4. The number of nitrogens with one attached hydrogen (secondary N) is 2. The number of carbonyl (C=O) groups is 2. The SMILES string of the molecule is CC(CNC(=O)CNC(=O)CN)Cc1cccs1. The van der Waals surface area contributed by atoms with Crippen LogP contribution in [0, 0.1) is 5.92 Å². The Bertz CT molecular complexity index is 379. The zero-order chi connectivity index (χ0) is 13.4. The summed E-state index contributed by atoms with van der Waals surface area (Å²) in [4.78, 5) is 23.6. The van der Waals surface area contributed by atoms with Gasteiger partial charge in [0.15, 0.2) is 0 Å². The fraction of sp³-hybridized carbons (Fsp3) is 0.500. The number of thiophene rings is 1. The van der Waals surface area contributed by atoms with Crippen LogP contribution in [0.15, 0.2) is 17.5 Å². The summed E-state index contributed by atoms with van der Waals surface area (Å²) in [6.07, 6.45) is 0.951. The van der Waals surface area contributed by atoms with E-state index < -0.39 is 0 Å². The maximum Gasteiger partial charge on any atom is 0.239 e. The van der Waals surface area contributed by atoms with Crippen molar-refractivity contribution in [1.82, 2.24) is 10.6 Å². The lowest BCUT2D eigenvalue weighted by molar-refractivity contribution is -0.125. The molecule has 18 heavy (non-hydrogen) atoms. The fourth-order valence-electron chi connectivity index (χ4n) is 1.45. The van der Waals surface area contributed by atoms with Gasteiger partial charge in [-0.2, -0.15) is 0 Å². The highest BCUT2D eigenvalue weighted by Gasteiger charge is 2.08. The van der Waals surface area contributed by atoms with Crippen LogP contribution < -0.4 is 16.4 Å². The van der Waals surface area contributed by atoms with Gasteiger partial charge in [-0.1, -0.05) is 13.0 Å². The molecule has 0 aromatic carbocycles. The second-order valence-corrected chi connectivity index (χ2v) is 5.21. The van der Waals surface area contributed by atoms with E-state index in [1.807, 2.05) is 11.4 Å². The quantitative estimate of drug-likeness (QED) is 0.657. The maximum atomic E-state index is 11.4. The zero-order valence-corrected chi connectivity index (χ0v) is 11.3. The van der Waals surface area contributed by atoms with Gasteiger partial charge in [0, 0.05) is 11.4 Å². The van der Waals surface area contributed by atoms with Crippen LogP contribution in [0.5, 0.6) is 0 Å². The lowest BCUT2D eigenvalue weighted by Gasteiger charge is -2.12. The Balaban J connectivity index is 2.15. The summed E-state index contributed by atoms with van der Waals surface area (Å²) in [6.45, 7) is 2.58. The van der Waals surface area contributed by atoms with Gasteiger partial charge in [-0.15, -0.1) is 11.3 Å². The molecule has 0 aliphatic carbocycles. The van der Waals surface area contributed by atoms with Crippen molar-refractivity contribution in [2.75, 3.05) is 19.6 Å². The Labute approximate surface area is 111 Å². The van der Waals surface area contributed by atoms with E-state index in [-0.39, 0.29) is 24.9 Å². The molecular weight excluding hydrogens is 250 g/mol. The average Bonchev–Trinajstić information content (AvgIpc) is 2.86. The Morgan fingerprint density at radius 3 is 2.78 bits per heavy atom. The van der Waals surface area contributed by atoms with Crippen molar-refractivity contribution in [2.45, 2.75) is 13.3 Å². The van der Waals surface area contributed by atoms with Crippen LogP contribution in [-0.4, -0.2) is 31.4 Å². The number of carbonyl (C=O) groups excluding carboxylic acids is 2. The molecule has 0 aliphatic heterocycles. The number of hydrogen-bond acceptors (Lipinski definition) is 4. The number of nitrogens with two attached hydrogens (primary N) is 1. The summed E-state index contributed by atoms with van der Waals surface area (Å²) in [5.74, 6) is -0.135. The minimum absolute atomic E-state index is 0.0121. The second kappa shape index (κ2) is 7.84. The minimum Gasteiger partial charge on any atom is -0.354 e. The van der Waals surface area contributed by atoms with Gasteiger partial charge in [-0.05, 0) is 23.8 Å². The molecular formula is C12H19N3O2S. The molecule has 5 nitrogen and oxygen atoms in total. The van der Waals surface area contributed by atoms with E-state index in [1.54, 1.807) is 11.3 Å². The van der Waals surface area contributed by atoms with Crippen LogP contribution in [0.4, 0.5) is 0 Å². The Hall–Kier alpha value is -1.40. The molecule has 0 bridgehead atoms. The van der Waals surface area contributed by atoms with E-state index in [2.05, 4.69) is 23.6 Å². The summed E-state index contributed by atoms with van der Waals surface area (Å²) in [5, 5.41) is 7.26. The van der Waals surface area contributed by atoms with Crippen LogP contribution in [0.3, 0.4) is 0 Å². The Morgan fingerprint density at radius 2 is 2.17 bits per heavy atom. The predicted molar refractivity (Wildman–Crippen MR) is 72.3 cm³/mol. The molecule has 2 amide bonds. The van der Waals surface area contributed by atoms with Crippen molar-refractivity contribution >= 4 is 23.2 Å². The standard InChI is InChI=1S/C12H19N3O2S/c1-9(5-10-3-2-4-18-10)7-14-12(17)8-15-11(16)6-13/h2-4,9H,5-8,13H2,1H3,(H,14,17)(H,15,16). The van der Waals surface area contributed by atoms with Crippen LogP contribution in [-0.2, 0) is 16.0 Å². The first-order valence-electron chi connectivity index (χ1n) is 5.87. The van der Waals surface area contributed by atoms with Gasteiger partial charge in [0.1, 0.15) is 0 Å². The highest BCUT2D eigenvalue weighted by molar-refractivity contribution is 7.09. The first-order valence-corrected chi connectivity index (χ1v) is 6.75. The Kier molecular flexibility index (Phi) is 6.38. The van der Waals surface area contributed by atoms with E-state index in [1.165, 1.54) is 4.88 Å². The summed E-state index contributed by atoms with van der Waals surface area (Å²) in [5.41, 5.74) is 5.11. The molecule has 6 heteroatoms. The monoisotopic (exact) mass is 269 g/mol. The summed E-state index contributed by atoms with van der Waals surface area (Å²) >= 11 is 1.72. The molecule has 0 saturated heterocycles. The molecule has 1 unspecified atom stereocenters. The average molecular weight is 269 g/mol. The molecule has 1 atom stereocenters. The van der Waals surface area contributed by atoms with Gasteiger partial charge in [0.05, 0.1) is 13.1 Å². The smallest absolute Gasteiger partial charge is 0.239 e. The predicted octanol–water partition coefficient (Wildman–Crippen LogP) is 0.118. The first kappa shape index (κ1) is 14.7. The van der Waals surface area contributed by atoms with E-state index in [0.29, 0.717) is 12.5 Å². The van der Waals surface area contributed by atoms with Crippen molar-refractivity contribution in [3.8, 4) is 0 Å². The Morgan fingerprint density at radius 1 is 1.39 bits per heavy atom. The zero-order valence-electron chi connectivity index (χ0n) is 10.4. The molecule has 1 aromatic heterocycles. The molecule has 0 saturated carbocycles. The van der Waals surface area contributed by atoms with E-state index in [9.17, 15) is 9.59 Å². The van der Waals surface area contributed by atoms with E-state index in [4.69, 9.17) is 5.73 Å². The van der Waals surface area contributed by atoms with Crippen LogP contribution in [0.25, 0.3) is 0 Å². The highest BCUT2D eigenvalue weighted by Crippen LogP contribution is 2.13. The largest absolute Gasteiger partial charge is 0.354 e. The van der Waals surface area contributed by atoms with Gasteiger partial charge in [0.25, 0.3) is 0 Å². The molecule has 0 spiro atoms. The summed E-state index contributed by atoms with van der Waals surface area (Å²) in [6, 6.07) is 4.11. The summed E-state index contributed by atoms with van der Waals surface area (Å²) in [7, 11) is 0. The van der Waals surface area contributed by atoms with E-state index >= 15 is 0 Å². The first-order chi connectivity index (χ1) is 8.61. The van der Waals surface area contributed by atoms with Gasteiger partial charge in [-0.25, -0.2) is 0 Å².